The Morgan fingerprint density at radius 2 is 2.00 bits per heavy atom. The van der Waals surface area contributed by atoms with Gasteiger partial charge >= 0.3 is 5.97 Å². The maximum Gasteiger partial charge on any atom is 0.325 e. The maximum absolute atomic E-state index is 12.2. The van der Waals surface area contributed by atoms with Crippen LogP contribution >= 0.6 is 0 Å². The van der Waals surface area contributed by atoms with Crippen molar-refractivity contribution in [1.29, 1.82) is 0 Å². The van der Waals surface area contributed by atoms with Gasteiger partial charge in [-0.2, -0.15) is 0 Å². The highest BCUT2D eigenvalue weighted by atomic mass is 16.4. The summed E-state index contributed by atoms with van der Waals surface area (Å²) in [6.07, 6.45) is 4.02. The van der Waals surface area contributed by atoms with Crippen molar-refractivity contribution >= 4 is 11.9 Å². The van der Waals surface area contributed by atoms with E-state index in [1.165, 1.54) is 0 Å². The molecule has 2 rings (SSSR count). The van der Waals surface area contributed by atoms with Crippen LogP contribution in [0.1, 0.15) is 39.0 Å². The van der Waals surface area contributed by atoms with Crippen molar-refractivity contribution in [3.63, 3.8) is 0 Å². The number of likely N-dealkylation sites (tertiary alicyclic amines) is 1. The molecule has 1 amide bonds. The van der Waals surface area contributed by atoms with Gasteiger partial charge < -0.3 is 21.5 Å². The molecule has 2 aliphatic rings. The van der Waals surface area contributed by atoms with Gasteiger partial charge in [-0.25, -0.2) is 0 Å². The second-order valence-electron chi connectivity index (χ2n) is 6.03. The summed E-state index contributed by atoms with van der Waals surface area (Å²) < 4.78 is 0. The summed E-state index contributed by atoms with van der Waals surface area (Å²) in [5, 5.41) is 9.37. The van der Waals surface area contributed by atoms with Crippen molar-refractivity contribution in [2.24, 2.45) is 17.4 Å². The van der Waals surface area contributed by atoms with E-state index < -0.39 is 17.0 Å². The zero-order chi connectivity index (χ0) is 14.3. The van der Waals surface area contributed by atoms with Crippen molar-refractivity contribution in [1.82, 2.24) is 4.90 Å². The van der Waals surface area contributed by atoms with Crippen LogP contribution in [0.2, 0.25) is 0 Å². The molecule has 2 atom stereocenters. The number of carbonyl (C=O) groups excluding carboxylic acids is 1. The fourth-order valence-corrected chi connectivity index (χ4v) is 2.80. The lowest BCUT2D eigenvalue weighted by Gasteiger charge is -2.25. The van der Waals surface area contributed by atoms with Gasteiger partial charge in [0.05, 0.1) is 5.54 Å². The van der Waals surface area contributed by atoms with Crippen molar-refractivity contribution in [2.75, 3.05) is 13.1 Å². The lowest BCUT2D eigenvalue weighted by Crippen LogP contribution is -2.55. The van der Waals surface area contributed by atoms with Gasteiger partial charge in [-0.1, -0.05) is 19.8 Å². The number of unbranched alkanes of at least 4 members (excludes halogenated alkanes) is 1. The Kier molecular flexibility index (Phi) is 3.57. The first-order chi connectivity index (χ1) is 8.83. The van der Waals surface area contributed by atoms with Crippen LogP contribution in [-0.2, 0) is 9.59 Å². The largest absolute Gasteiger partial charge is 0.480 e. The maximum atomic E-state index is 12.2. The van der Waals surface area contributed by atoms with E-state index in [4.69, 9.17) is 11.5 Å². The first-order valence-electron chi connectivity index (χ1n) is 6.94. The third-order valence-electron chi connectivity index (χ3n) is 4.43. The number of rotatable bonds is 5. The number of carboxylic acid groups (broad SMARTS) is 1. The predicted octanol–water partition coefficient (Wildman–Crippen LogP) is -0.0916. The normalized spacial score (nSPS) is 32.4. The van der Waals surface area contributed by atoms with Gasteiger partial charge in [0.1, 0.15) is 5.54 Å². The van der Waals surface area contributed by atoms with Crippen molar-refractivity contribution in [3.8, 4) is 0 Å². The number of carboxylic acids is 1. The molecule has 6 heteroatoms. The highest BCUT2D eigenvalue weighted by Gasteiger charge is 2.55. The highest BCUT2D eigenvalue weighted by molar-refractivity contribution is 5.91. The predicted molar refractivity (Wildman–Crippen MR) is 70.3 cm³/mol. The first kappa shape index (κ1) is 14.3. The Bertz CT molecular complexity index is 395. The van der Waals surface area contributed by atoms with E-state index in [0.717, 1.165) is 19.3 Å². The van der Waals surface area contributed by atoms with E-state index in [1.807, 2.05) is 0 Å². The molecule has 6 nitrogen and oxygen atoms in total. The minimum Gasteiger partial charge on any atom is -0.480 e. The molecule has 108 valence electrons. The third-order valence-corrected chi connectivity index (χ3v) is 4.43. The topological polar surface area (TPSA) is 110 Å². The summed E-state index contributed by atoms with van der Waals surface area (Å²) in [6, 6.07) is 0. The molecule has 1 aliphatic carbocycles. The Morgan fingerprint density at radius 1 is 1.37 bits per heavy atom. The van der Waals surface area contributed by atoms with E-state index in [0.29, 0.717) is 19.4 Å². The fraction of sp³-hybridized carbons (Fsp3) is 0.846. The van der Waals surface area contributed by atoms with Gasteiger partial charge in [0.15, 0.2) is 0 Å². The van der Waals surface area contributed by atoms with Crippen LogP contribution in [0.3, 0.4) is 0 Å². The molecule has 5 N–H and O–H groups in total. The molecule has 1 aliphatic heterocycles. The molecular formula is C13H23N3O3. The monoisotopic (exact) mass is 269 g/mol. The lowest BCUT2D eigenvalue weighted by molar-refractivity contribution is -0.144. The van der Waals surface area contributed by atoms with Crippen LogP contribution in [0.15, 0.2) is 0 Å². The zero-order valence-electron chi connectivity index (χ0n) is 11.4. The van der Waals surface area contributed by atoms with Crippen LogP contribution in [0.25, 0.3) is 0 Å². The van der Waals surface area contributed by atoms with E-state index in [2.05, 4.69) is 6.92 Å². The number of aliphatic carboxylic acids is 1. The number of hydrogen-bond acceptors (Lipinski definition) is 4. The SMILES string of the molecule is CCCCC1CN(C(=O)C2(N)CC2)C[C@@]1(N)C(=O)O. The van der Waals surface area contributed by atoms with E-state index in [9.17, 15) is 14.7 Å². The standard InChI is InChI=1S/C13H23N3O3/c1-2-3-4-9-7-16(8-13(9,15)11(18)19)10(17)12(14)5-6-12/h9H,2-8,14-15H2,1H3,(H,18,19)/t9?,13-/m0/s1. The van der Waals surface area contributed by atoms with Gasteiger partial charge in [0, 0.05) is 19.0 Å². The Labute approximate surface area is 113 Å². The van der Waals surface area contributed by atoms with E-state index in [-0.39, 0.29) is 18.4 Å². The van der Waals surface area contributed by atoms with Gasteiger partial charge in [-0.3, -0.25) is 9.59 Å². The van der Waals surface area contributed by atoms with Crippen LogP contribution in [0.4, 0.5) is 0 Å². The Hall–Kier alpha value is -1.14. The third kappa shape index (κ3) is 2.47. The van der Waals surface area contributed by atoms with Crippen molar-refractivity contribution in [2.45, 2.75) is 50.1 Å². The number of hydrogen-bond donors (Lipinski definition) is 3. The number of carbonyl (C=O) groups is 2. The molecule has 0 radical (unpaired) electrons. The fourth-order valence-electron chi connectivity index (χ4n) is 2.80. The molecule has 0 bridgehead atoms. The van der Waals surface area contributed by atoms with Crippen LogP contribution in [-0.4, -0.2) is 46.1 Å². The molecule has 0 aromatic carbocycles. The zero-order valence-corrected chi connectivity index (χ0v) is 11.4. The van der Waals surface area contributed by atoms with E-state index in [1.54, 1.807) is 4.90 Å². The van der Waals surface area contributed by atoms with Crippen LogP contribution in [0.5, 0.6) is 0 Å². The highest BCUT2D eigenvalue weighted by Crippen LogP contribution is 2.38. The summed E-state index contributed by atoms with van der Waals surface area (Å²) in [4.78, 5) is 25.2. The summed E-state index contributed by atoms with van der Waals surface area (Å²) in [6.45, 7) is 2.55. The van der Waals surface area contributed by atoms with Gasteiger partial charge in [-0.15, -0.1) is 0 Å². The van der Waals surface area contributed by atoms with Gasteiger partial charge in [0.25, 0.3) is 0 Å². The first-order valence-corrected chi connectivity index (χ1v) is 6.94. The minimum absolute atomic E-state index is 0.0779. The number of nitrogens with zero attached hydrogens (tertiary/aromatic N) is 1. The molecule has 0 aromatic heterocycles. The molecule has 1 heterocycles. The molecular weight excluding hydrogens is 246 g/mol. The lowest BCUT2D eigenvalue weighted by atomic mass is 9.84. The quantitative estimate of drug-likeness (QED) is 0.646. The molecule has 19 heavy (non-hydrogen) atoms. The molecule has 0 spiro atoms. The summed E-state index contributed by atoms with van der Waals surface area (Å²) in [5.74, 6) is -1.34. The average molecular weight is 269 g/mol. The number of amides is 1. The Balaban J connectivity index is 2.10. The van der Waals surface area contributed by atoms with Crippen molar-refractivity contribution in [3.05, 3.63) is 0 Å². The average Bonchev–Trinajstić information content (AvgIpc) is 3.01. The van der Waals surface area contributed by atoms with Crippen LogP contribution in [0, 0.1) is 5.92 Å². The molecule has 0 aromatic rings. The van der Waals surface area contributed by atoms with Gasteiger partial charge in [-0.05, 0) is 19.3 Å². The summed E-state index contributed by atoms with van der Waals surface area (Å²) >= 11 is 0. The van der Waals surface area contributed by atoms with Gasteiger partial charge in [0.2, 0.25) is 5.91 Å². The molecule has 1 saturated carbocycles. The molecule has 2 fully saturated rings. The number of nitrogens with two attached hydrogens (primary N) is 2. The van der Waals surface area contributed by atoms with Crippen molar-refractivity contribution < 1.29 is 14.7 Å². The van der Waals surface area contributed by atoms with E-state index >= 15 is 0 Å². The minimum atomic E-state index is -1.32. The smallest absolute Gasteiger partial charge is 0.325 e. The van der Waals surface area contributed by atoms with Crippen LogP contribution < -0.4 is 11.5 Å². The summed E-state index contributed by atoms with van der Waals surface area (Å²) in [5.41, 5.74) is 9.87. The summed E-state index contributed by atoms with van der Waals surface area (Å²) in [7, 11) is 0. The second-order valence-corrected chi connectivity index (χ2v) is 6.03. The molecule has 1 unspecified atom stereocenters. The Morgan fingerprint density at radius 3 is 2.47 bits per heavy atom. The molecule has 1 saturated heterocycles. The second kappa shape index (κ2) is 4.76.